The van der Waals surface area contributed by atoms with Gasteiger partial charge in [0, 0.05) is 11.4 Å². The molecule has 0 bridgehead atoms. The molecule has 7 heteroatoms. The van der Waals surface area contributed by atoms with Crippen molar-refractivity contribution in [1.82, 2.24) is 5.32 Å². The number of carbonyl (C=O) groups excluding carboxylic acids is 2. The van der Waals surface area contributed by atoms with Gasteiger partial charge in [-0.2, -0.15) is 0 Å². The Morgan fingerprint density at radius 2 is 1.86 bits per heavy atom. The summed E-state index contributed by atoms with van der Waals surface area (Å²) in [5, 5.41) is 2.27. The first-order valence-electron chi connectivity index (χ1n) is 9.16. The normalized spacial score (nSPS) is 18.6. The number of methoxy groups -OCH3 is 1. The van der Waals surface area contributed by atoms with Gasteiger partial charge in [0.1, 0.15) is 12.3 Å². The van der Waals surface area contributed by atoms with E-state index in [4.69, 9.17) is 9.47 Å². The molecular weight excluding hydrogens is 376 g/mol. The maximum absolute atomic E-state index is 12.8. The van der Waals surface area contributed by atoms with Gasteiger partial charge < -0.3 is 19.7 Å². The second-order valence-corrected chi connectivity index (χ2v) is 7.35. The molecule has 6 nitrogen and oxygen atoms in total. The summed E-state index contributed by atoms with van der Waals surface area (Å²) in [7, 11) is 1.62. The second-order valence-electron chi connectivity index (χ2n) is 6.24. The van der Waals surface area contributed by atoms with Crippen molar-refractivity contribution in [3.05, 3.63) is 60.2 Å². The summed E-state index contributed by atoms with van der Waals surface area (Å²) in [5.41, 5.74) is 2.07. The third-order valence-corrected chi connectivity index (χ3v) is 5.76. The van der Waals surface area contributed by atoms with Crippen LogP contribution in [0.4, 0.5) is 5.69 Å². The maximum Gasteiger partial charge on any atom is 0.325 e. The van der Waals surface area contributed by atoms with Crippen LogP contribution in [0.2, 0.25) is 0 Å². The summed E-state index contributed by atoms with van der Waals surface area (Å²) < 4.78 is 10.1. The molecule has 2 atom stereocenters. The smallest absolute Gasteiger partial charge is 0.325 e. The van der Waals surface area contributed by atoms with Gasteiger partial charge in [-0.15, -0.1) is 11.8 Å². The van der Waals surface area contributed by atoms with Crippen LogP contribution in [0.5, 0.6) is 5.75 Å². The molecule has 1 amide bonds. The van der Waals surface area contributed by atoms with E-state index in [0.29, 0.717) is 6.61 Å². The van der Waals surface area contributed by atoms with Crippen LogP contribution < -0.4 is 15.0 Å². The van der Waals surface area contributed by atoms with E-state index in [0.717, 1.165) is 22.8 Å². The Morgan fingerprint density at radius 3 is 2.50 bits per heavy atom. The van der Waals surface area contributed by atoms with Gasteiger partial charge in [-0.05, 0) is 36.8 Å². The van der Waals surface area contributed by atoms with Crippen molar-refractivity contribution in [1.29, 1.82) is 0 Å². The number of hydrogen-bond acceptors (Lipinski definition) is 6. The maximum atomic E-state index is 12.8. The molecule has 1 saturated heterocycles. The Kier molecular flexibility index (Phi) is 6.81. The summed E-state index contributed by atoms with van der Waals surface area (Å²) in [6, 6.07) is 17.8. The molecule has 0 aliphatic carbocycles. The first-order chi connectivity index (χ1) is 13.6. The van der Waals surface area contributed by atoms with Crippen molar-refractivity contribution >= 4 is 29.3 Å². The van der Waals surface area contributed by atoms with E-state index >= 15 is 0 Å². The first kappa shape index (κ1) is 20.1. The number of ether oxygens (including phenoxy) is 2. The highest BCUT2D eigenvalue weighted by molar-refractivity contribution is 8.01. The molecule has 2 aromatic carbocycles. The molecule has 0 saturated carbocycles. The van der Waals surface area contributed by atoms with Crippen molar-refractivity contribution in [2.45, 2.75) is 18.3 Å². The van der Waals surface area contributed by atoms with Gasteiger partial charge >= 0.3 is 5.97 Å². The lowest BCUT2D eigenvalue weighted by Crippen LogP contribution is -2.44. The number of nitrogens with one attached hydrogen (secondary N) is 1. The van der Waals surface area contributed by atoms with Crippen LogP contribution in [0.1, 0.15) is 18.5 Å². The van der Waals surface area contributed by atoms with Crippen LogP contribution in [-0.2, 0) is 14.3 Å². The van der Waals surface area contributed by atoms with Gasteiger partial charge in [0.15, 0.2) is 5.37 Å². The number of thioether (sulfide) groups is 1. The summed E-state index contributed by atoms with van der Waals surface area (Å²) in [4.78, 5) is 26.5. The SMILES string of the molecule is CCOC(=O)CNC(=O)C1SCC(c2ccccc2)N1c1ccc(OC)cc1. The predicted octanol–water partition coefficient (Wildman–Crippen LogP) is 3.00. The average Bonchev–Trinajstić information content (AvgIpc) is 3.18. The van der Waals surface area contributed by atoms with E-state index in [2.05, 4.69) is 22.3 Å². The third-order valence-electron chi connectivity index (χ3n) is 4.49. The number of amides is 1. The van der Waals surface area contributed by atoms with Crippen molar-refractivity contribution in [2.24, 2.45) is 0 Å². The van der Waals surface area contributed by atoms with Gasteiger partial charge in [-0.3, -0.25) is 9.59 Å². The van der Waals surface area contributed by atoms with Gasteiger partial charge in [0.2, 0.25) is 0 Å². The highest BCUT2D eigenvalue weighted by Gasteiger charge is 2.39. The van der Waals surface area contributed by atoms with E-state index in [1.54, 1.807) is 25.8 Å². The topological polar surface area (TPSA) is 67.9 Å². The van der Waals surface area contributed by atoms with Crippen molar-refractivity contribution in [3.63, 3.8) is 0 Å². The fraction of sp³-hybridized carbons (Fsp3) is 0.333. The third kappa shape index (κ3) is 4.59. The minimum absolute atomic E-state index is 0.0536. The Bertz CT molecular complexity index is 798. The predicted molar refractivity (Wildman–Crippen MR) is 111 cm³/mol. The largest absolute Gasteiger partial charge is 0.497 e. The van der Waals surface area contributed by atoms with Crippen LogP contribution in [0, 0.1) is 0 Å². The standard InChI is InChI=1S/C21H24N2O4S/c1-3-27-19(24)13-22-20(25)21-23(16-9-11-17(26-2)12-10-16)18(14-28-21)15-7-5-4-6-8-15/h4-12,18,21H,3,13-14H2,1-2H3,(H,22,25). The monoisotopic (exact) mass is 400 g/mol. The van der Waals surface area contributed by atoms with Crippen LogP contribution in [0.15, 0.2) is 54.6 Å². The van der Waals surface area contributed by atoms with Crippen LogP contribution in [-0.4, -0.2) is 43.3 Å². The zero-order valence-electron chi connectivity index (χ0n) is 16.0. The minimum Gasteiger partial charge on any atom is -0.497 e. The molecule has 1 aliphatic rings. The molecule has 3 rings (SSSR count). The summed E-state index contributed by atoms with van der Waals surface area (Å²) in [6.45, 7) is 1.90. The fourth-order valence-corrected chi connectivity index (χ4v) is 4.55. The lowest BCUT2D eigenvalue weighted by molar-refractivity contribution is -0.143. The first-order valence-corrected chi connectivity index (χ1v) is 10.2. The van der Waals surface area contributed by atoms with Gasteiger partial charge in [-0.25, -0.2) is 0 Å². The van der Waals surface area contributed by atoms with E-state index in [1.807, 2.05) is 42.5 Å². The summed E-state index contributed by atoms with van der Waals surface area (Å²) >= 11 is 1.56. The molecule has 0 aromatic heterocycles. The van der Waals surface area contributed by atoms with Crippen molar-refractivity contribution < 1.29 is 19.1 Å². The van der Waals surface area contributed by atoms with E-state index < -0.39 is 11.3 Å². The molecule has 0 radical (unpaired) electrons. The molecule has 1 heterocycles. The van der Waals surface area contributed by atoms with Crippen LogP contribution >= 0.6 is 11.8 Å². The van der Waals surface area contributed by atoms with E-state index in [-0.39, 0.29) is 18.5 Å². The van der Waals surface area contributed by atoms with Crippen LogP contribution in [0.3, 0.4) is 0 Å². The minimum atomic E-state index is -0.437. The van der Waals surface area contributed by atoms with Gasteiger partial charge in [-0.1, -0.05) is 30.3 Å². The van der Waals surface area contributed by atoms with E-state index in [1.165, 1.54) is 0 Å². The molecule has 1 fully saturated rings. The molecule has 28 heavy (non-hydrogen) atoms. The number of rotatable bonds is 7. The lowest BCUT2D eigenvalue weighted by atomic mass is 10.1. The van der Waals surface area contributed by atoms with Gasteiger partial charge in [0.05, 0.1) is 19.8 Å². The van der Waals surface area contributed by atoms with Crippen LogP contribution in [0.25, 0.3) is 0 Å². The quantitative estimate of drug-likeness (QED) is 0.721. The molecule has 0 spiro atoms. The highest BCUT2D eigenvalue weighted by atomic mass is 32.2. The zero-order chi connectivity index (χ0) is 19.9. The Balaban J connectivity index is 1.83. The number of benzene rings is 2. The number of esters is 1. The molecule has 1 aliphatic heterocycles. The number of nitrogens with zero attached hydrogens (tertiary/aromatic N) is 1. The molecule has 2 aromatic rings. The Labute approximate surface area is 169 Å². The zero-order valence-corrected chi connectivity index (χ0v) is 16.8. The number of anilines is 1. The lowest BCUT2D eigenvalue weighted by Gasteiger charge is -2.31. The fourth-order valence-electron chi connectivity index (χ4n) is 3.17. The van der Waals surface area contributed by atoms with Gasteiger partial charge in [0.25, 0.3) is 5.91 Å². The summed E-state index contributed by atoms with van der Waals surface area (Å²) in [6.07, 6.45) is 0. The molecular formula is C21H24N2O4S. The average molecular weight is 401 g/mol. The summed E-state index contributed by atoms with van der Waals surface area (Å²) in [5.74, 6) is 0.894. The van der Waals surface area contributed by atoms with Crippen molar-refractivity contribution in [2.75, 3.05) is 30.9 Å². The molecule has 2 unspecified atom stereocenters. The molecule has 1 N–H and O–H groups in total. The van der Waals surface area contributed by atoms with Crippen molar-refractivity contribution in [3.8, 4) is 5.75 Å². The Hall–Kier alpha value is -2.67. The second kappa shape index (κ2) is 9.50. The number of hydrogen-bond donors (Lipinski definition) is 1. The number of carbonyl (C=O) groups is 2. The van der Waals surface area contributed by atoms with E-state index in [9.17, 15) is 9.59 Å². The highest BCUT2D eigenvalue weighted by Crippen LogP contribution is 2.42. The Morgan fingerprint density at radius 1 is 1.14 bits per heavy atom. The molecule has 148 valence electrons.